The van der Waals surface area contributed by atoms with Gasteiger partial charge in [-0.15, -0.1) is 0 Å². The number of aryl methyl sites for hydroxylation is 1. The quantitative estimate of drug-likeness (QED) is 0.876. The molecule has 0 aromatic heterocycles. The third-order valence-electron chi connectivity index (χ3n) is 4.90. The maximum Gasteiger partial charge on any atom is 0.182 e. The van der Waals surface area contributed by atoms with Gasteiger partial charge >= 0.3 is 0 Å². The fourth-order valence-corrected chi connectivity index (χ4v) is 5.95. The Hall–Kier alpha value is -1.69. The van der Waals surface area contributed by atoms with Gasteiger partial charge in [0.1, 0.15) is 0 Å². The zero-order chi connectivity index (χ0) is 16.7. The smallest absolute Gasteiger partial charge is 0.182 e. The van der Waals surface area contributed by atoms with Crippen LogP contribution in [0.5, 0.6) is 0 Å². The van der Waals surface area contributed by atoms with Crippen LogP contribution in [0.2, 0.25) is 0 Å². The lowest BCUT2D eigenvalue weighted by atomic mass is 9.99. The summed E-state index contributed by atoms with van der Waals surface area (Å²) in [5, 5.41) is 9.19. The summed E-state index contributed by atoms with van der Waals surface area (Å²) < 4.78 is 26.0. The summed E-state index contributed by atoms with van der Waals surface area (Å²) in [4.78, 5) is 0.283. The molecule has 1 aliphatic rings. The number of hydrogen-bond acceptors (Lipinski definition) is 4. The Morgan fingerprint density at radius 3 is 2.22 bits per heavy atom. The summed E-state index contributed by atoms with van der Waals surface area (Å²) in [5.41, 5.74) is 7.10. The van der Waals surface area contributed by atoms with E-state index in [1.54, 1.807) is 30.3 Å². The monoisotopic (exact) mass is 331 g/mol. The molecule has 0 saturated heterocycles. The standard InChI is InChI=1S/C18H21NO3S/c1-13-7-9-14(10-8-13)16-17(18(16,11-19)12-20)23(21,22)15-5-3-2-4-6-15/h2-10,16-17,20H,11-12,19H2,1H3/t16-,17-,18+/m1/s1. The minimum absolute atomic E-state index is 0.138. The van der Waals surface area contributed by atoms with Crippen molar-refractivity contribution in [3.63, 3.8) is 0 Å². The number of sulfone groups is 1. The second-order valence-electron chi connectivity index (χ2n) is 6.26. The van der Waals surface area contributed by atoms with Crippen LogP contribution in [0.15, 0.2) is 59.5 Å². The number of nitrogens with two attached hydrogens (primary N) is 1. The van der Waals surface area contributed by atoms with Crippen molar-refractivity contribution < 1.29 is 13.5 Å². The highest BCUT2D eigenvalue weighted by Crippen LogP contribution is 2.63. The molecule has 1 saturated carbocycles. The highest BCUT2D eigenvalue weighted by atomic mass is 32.2. The molecule has 2 aromatic rings. The predicted molar refractivity (Wildman–Crippen MR) is 89.9 cm³/mol. The maximum atomic E-state index is 13.0. The van der Waals surface area contributed by atoms with Gasteiger partial charge in [0.15, 0.2) is 9.84 Å². The molecule has 23 heavy (non-hydrogen) atoms. The first-order chi connectivity index (χ1) is 11.0. The Morgan fingerprint density at radius 2 is 1.70 bits per heavy atom. The van der Waals surface area contributed by atoms with Crippen molar-refractivity contribution in [3.8, 4) is 0 Å². The normalized spacial score (nSPS) is 26.9. The molecule has 2 aromatic carbocycles. The molecular weight excluding hydrogens is 310 g/mol. The fourth-order valence-electron chi connectivity index (χ4n) is 3.47. The number of aliphatic hydroxyl groups is 1. The van der Waals surface area contributed by atoms with E-state index < -0.39 is 20.5 Å². The molecule has 0 heterocycles. The lowest BCUT2D eigenvalue weighted by Gasteiger charge is -2.12. The molecule has 122 valence electrons. The molecule has 0 aliphatic heterocycles. The van der Waals surface area contributed by atoms with Crippen molar-refractivity contribution in [1.29, 1.82) is 0 Å². The van der Waals surface area contributed by atoms with Crippen LogP contribution in [0.3, 0.4) is 0 Å². The van der Waals surface area contributed by atoms with Gasteiger partial charge in [0.05, 0.1) is 16.8 Å². The molecule has 3 rings (SSSR count). The highest BCUT2D eigenvalue weighted by molar-refractivity contribution is 7.92. The van der Waals surface area contributed by atoms with Gasteiger partial charge in [-0.3, -0.25) is 0 Å². The lowest BCUT2D eigenvalue weighted by molar-refractivity contribution is 0.212. The molecule has 5 heteroatoms. The largest absolute Gasteiger partial charge is 0.396 e. The van der Waals surface area contributed by atoms with Gasteiger partial charge in [-0.1, -0.05) is 48.0 Å². The second-order valence-corrected chi connectivity index (χ2v) is 8.33. The van der Waals surface area contributed by atoms with Gasteiger partial charge in [-0.25, -0.2) is 8.42 Å². The molecule has 0 unspecified atom stereocenters. The van der Waals surface area contributed by atoms with E-state index in [2.05, 4.69) is 0 Å². The highest BCUT2D eigenvalue weighted by Gasteiger charge is 2.70. The molecule has 0 radical (unpaired) electrons. The molecule has 3 N–H and O–H groups in total. The van der Waals surface area contributed by atoms with Crippen LogP contribution in [0, 0.1) is 12.3 Å². The van der Waals surface area contributed by atoms with Crippen LogP contribution in [0.1, 0.15) is 17.0 Å². The summed E-state index contributed by atoms with van der Waals surface area (Å²) in [6.45, 7) is 1.88. The Balaban J connectivity index is 2.05. The minimum Gasteiger partial charge on any atom is -0.396 e. The van der Waals surface area contributed by atoms with Gasteiger partial charge in [-0.2, -0.15) is 0 Å². The third-order valence-corrected chi connectivity index (χ3v) is 7.24. The van der Waals surface area contributed by atoms with E-state index in [1.165, 1.54) is 0 Å². The summed E-state index contributed by atoms with van der Waals surface area (Å²) in [6, 6.07) is 16.2. The van der Waals surface area contributed by atoms with E-state index in [-0.39, 0.29) is 24.0 Å². The Labute approximate surface area is 136 Å². The number of hydrogen-bond donors (Lipinski definition) is 2. The van der Waals surface area contributed by atoms with E-state index in [0.717, 1.165) is 11.1 Å². The first-order valence-corrected chi connectivity index (χ1v) is 9.18. The minimum atomic E-state index is -3.55. The number of aliphatic hydroxyl groups excluding tert-OH is 1. The van der Waals surface area contributed by atoms with Crippen LogP contribution in [0.25, 0.3) is 0 Å². The molecule has 0 amide bonds. The van der Waals surface area contributed by atoms with Crippen molar-refractivity contribution in [2.24, 2.45) is 11.1 Å². The zero-order valence-corrected chi connectivity index (χ0v) is 13.8. The molecule has 1 fully saturated rings. The Bertz CT molecular complexity index is 781. The molecule has 1 aliphatic carbocycles. The number of benzene rings is 2. The topological polar surface area (TPSA) is 80.4 Å². The van der Waals surface area contributed by atoms with Gasteiger partial charge in [-0.05, 0) is 24.6 Å². The molecule has 0 bridgehead atoms. The summed E-state index contributed by atoms with van der Waals surface area (Å²) in [6.07, 6.45) is 0. The van der Waals surface area contributed by atoms with Crippen LogP contribution < -0.4 is 5.73 Å². The molecular formula is C18H21NO3S. The van der Waals surface area contributed by atoms with Gasteiger partial charge < -0.3 is 10.8 Å². The number of rotatable bonds is 5. The third kappa shape index (κ3) is 2.49. The van der Waals surface area contributed by atoms with Crippen LogP contribution in [-0.2, 0) is 9.84 Å². The average molecular weight is 331 g/mol. The van der Waals surface area contributed by atoms with Crippen molar-refractivity contribution in [1.82, 2.24) is 0 Å². The van der Waals surface area contributed by atoms with E-state index in [9.17, 15) is 13.5 Å². The fraction of sp³-hybridized carbons (Fsp3) is 0.333. The van der Waals surface area contributed by atoms with Gasteiger partial charge in [0, 0.05) is 17.9 Å². The zero-order valence-electron chi connectivity index (χ0n) is 13.0. The van der Waals surface area contributed by atoms with Crippen LogP contribution in [-0.4, -0.2) is 31.9 Å². The van der Waals surface area contributed by atoms with E-state index in [0.29, 0.717) is 0 Å². The van der Waals surface area contributed by atoms with Crippen LogP contribution in [0.4, 0.5) is 0 Å². The van der Waals surface area contributed by atoms with Crippen molar-refractivity contribution in [2.75, 3.05) is 13.2 Å². The molecule has 4 nitrogen and oxygen atoms in total. The first-order valence-electron chi connectivity index (χ1n) is 7.64. The predicted octanol–water partition coefficient (Wildman–Crippen LogP) is 1.87. The van der Waals surface area contributed by atoms with Crippen molar-refractivity contribution in [2.45, 2.75) is 23.0 Å². The Morgan fingerprint density at radius 1 is 1.09 bits per heavy atom. The summed E-state index contributed by atoms with van der Waals surface area (Å²) >= 11 is 0. The average Bonchev–Trinajstić information content (AvgIpc) is 3.27. The van der Waals surface area contributed by atoms with Crippen molar-refractivity contribution >= 4 is 9.84 Å². The molecule has 3 atom stereocenters. The van der Waals surface area contributed by atoms with Gasteiger partial charge in [0.2, 0.25) is 0 Å². The molecule has 0 spiro atoms. The van der Waals surface area contributed by atoms with Gasteiger partial charge in [0.25, 0.3) is 0 Å². The maximum absolute atomic E-state index is 13.0. The van der Waals surface area contributed by atoms with Crippen LogP contribution >= 0.6 is 0 Å². The first kappa shape index (κ1) is 16.2. The summed E-state index contributed by atoms with van der Waals surface area (Å²) in [5.74, 6) is -0.275. The van der Waals surface area contributed by atoms with E-state index in [4.69, 9.17) is 5.73 Å². The summed E-state index contributed by atoms with van der Waals surface area (Å²) in [7, 11) is -3.55. The lowest BCUT2D eigenvalue weighted by Crippen LogP contribution is -2.27. The van der Waals surface area contributed by atoms with E-state index in [1.807, 2.05) is 31.2 Å². The van der Waals surface area contributed by atoms with Crippen molar-refractivity contribution in [3.05, 3.63) is 65.7 Å². The Kier molecular flexibility index (Phi) is 4.04. The van der Waals surface area contributed by atoms with E-state index >= 15 is 0 Å². The second kappa shape index (κ2) is 5.74. The SMILES string of the molecule is Cc1ccc([C@@H]2[C@@H](S(=O)(=O)c3ccccc3)[C@@]2(CN)CO)cc1.